The van der Waals surface area contributed by atoms with Gasteiger partial charge in [0.15, 0.2) is 11.5 Å². The second kappa shape index (κ2) is 6.80. The van der Waals surface area contributed by atoms with Crippen molar-refractivity contribution >= 4 is 5.97 Å². The number of aromatic carboxylic acids is 1. The molecule has 21 heavy (non-hydrogen) atoms. The Labute approximate surface area is 125 Å². The number of para-hydroxylation sites is 1. The van der Waals surface area contributed by atoms with Crippen molar-refractivity contribution < 1.29 is 19.4 Å². The summed E-state index contributed by atoms with van der Waals surface area (Å²) in [5, 5.41) is 9.31. The lowest BCUT2D eigenvalue weighted by Gasteiger charge is -2.36. The van der Waals surface area contributed by atoms with Crippen LogP contribution in [-0.2, 0) is 0 Å². The van der Waals surface area contributed by atoms with Gasteiger partial charge >= 0.3 is 5.97 Å². The Kier molecular flexibility index (Phi) is 5.07. The molecule has 1 heterocycles. The standard InChI is InChI=1S/C16H23NO4/c1-11(13-8-4-5-10-17(13)2)21-15-12(16(18)19)7-6-9-14(15)20-3/h6-7,9,11,13H,4-5,8,10H2,1-3H3,(H,18,19). The number of carboxylic acids is 1. The fourth-order valence-electron chi connectivity index (χ4n) is 2.92. The van der Waals surface area contributed by atoms with E-state index in [1.54, 1.807) is 12.1 Å². The topological polar surface area (TPSA) is 59.0 Å². The van der Waals surface area contributed by atoms with Crippen molar-refractivity contribution in [3.63, 3.8) is 0 Å². The molecule has 0 spiro atoms. The van der Waals surface area contributed by atoms with Gasteiger partial charge in [0.1, 0.15) is 11.7 Å². The van der Waals surface area contributed by atoms with Gasteiger partial charge in [0.05, 0.1) is 7.11 Å². The van der Waals surface area contributed by atoms with E-state index in [-0.39, 0.29) is 11.7 Å². The molecule has 1 saturated heterocycles. The molecule has 0 saturated carbocycles. The van der Waals surface area contributed by atoms with Gasteiger partial charge in [0, 0.05) is 6.04 Å². The highest BCUT2D eigenvalue weighted by atomic mass is 16.5. The van der Waals surface area contributed by atoms with E-state index in [1.807, 2.05) is 6.92 Å². The SMILES string of the molecule is COc1cccc(C(=O)O)c1OC(C)C1CCCCN1C. The minimum absolute atomic E-state index is 0.0929. The average Bonchev–Trinajstić information content (AvgIpc) is 2.47. The van der Waals surface area contributed by atoms with Crippen LogP contribution in [0.5, 0.6) is 11.5 Å². The molecule has 1 aliphatic heterocycles. The van der Waals surface area contributed by atoms with E-state index in [9.17, 15) is 9.90 Å². The molecule has 0 aromatic heterocycles. The lowest BCUT2D eigenvalue weighted by Crippen LogP contribution is -2.45. The number of ether oxygens (including phenoxy) is 2. The first-order chi connectivity index (χ1) is 10.0. The van der Waals surface area contributed by atoms with Gasteiger partial charge in [0.25, 0.3) is 0 Å². The van der Waals surface area contributed by atoms with E-state index < -0.39 is 5.97 Å². The minimum atomic E-state index is -1.01. The molecule has 1 aromatic carbocycles. The number of nitrogens with zero attached hydrogens (tertiary/aromatic N) is 1. The molecule has 2 rings (SSSR count). The molecular weight excluding hydrogens is 270 g/mol. The van der Waals surface area contributed by atoms with Crippen LogP contribution < -0.4 is 9.47 Å². The van der Waals surface area contributed by atoms with Crippen molar-refractivity contribution in [2.75, 3.05) is 20.7 Å². The van der Waals surface area contributed by atoms with Crippen LogP contribution in [0.4, 0.5) is 0 Å². The first kappa shape index (κ1) is 15.6. The summed E-state index contributed by atoms with van der Waals surface area (Å²) in [5.74, 6) is -0.229. The average molecular weight is 293 g/mol. The summed E-state index contributed by atoms with van der Waals surface area (Å²) in [6.07, 6.45) is 3.36. The fourth-order valence-corrected chi connectivity index (χ4v) is 2.92. The van der Waals surface area contributed by atoms with Crippen LogP contribution in [0.2, 0.25) is 0 Å². The maximum atomic E-state index is 11.4. The van der Waals surface area contributed by atoms with Crippen LogP contribution in [-0.4, -0.2) is 48.8 Å². The van der Waals surface area contributed by atoms with E-state index in [4.69, 9.17) is 9.47 Å². The second-order valence-corrected chi connectivity index (χ2v) is 5.51. The number of carboxylic acid groups (broad SMARTS) is 1. The first-order valence-corrected chi connectivity index (χ1v) is 7.31. The number of benzene rings is 1. The van der Waals surface area contributed by atoms with Gasteiger partial charge in [-0.25, -0.2) is 4.79 Å². The molecular formula is C16H23NO4. The van der Waals surface area contributed by atoms with Crippen LogP contribution >= 0.6 is 0 Å². The molecule has 5 nitrogen and oxygen atoms in total. The van der Waals surface area contributed by atoms with Crippen molar-refractivity contribution in [3.05, 3.63) is 23.8 Å². The van der Waals surface area contributed by atoms with Crippen molar-refractivity contribution in [1.29, 1.82) is 0 Å². The van der Waals surface area contributed by atoms with E-state index >= 15 is 0 Å². The summed E-state index contributed by atoms with van der Waals surface area (Å²) < 4.78 is 11.2. The van der Waals surface area contributed by atoms with Gasteiger partial charge in [-0.3, -0.25) is 4.90 Å². The maximum absolute atomic E-state index is 11.4. The summed E-state index contributed by atoms with van der Waals surface area (Å²) in [5.41, 5.74) is 0.139. The Hall–Kier alpha value is -1.75. The number of likely N-dealkylation sites (N-methyl/N-ethyl adjacent to an activating group) is 1. The number of hydrogen-bond donors (Lipinski definition) is 1. The number of carbonyl (C=O) groups is 1. The van der Waals surface area contributed by atoms with Crippen molar-refractivity contribution in [1.82, 2.24) is 4.90 Å². The van der Waals surface area contributed by atoms with Crippen LogP contribution in [0.1, 0.15) is 36.5 Å². The molecule has 0 bridgehead atoms. The fraction of sp³-hybridized carbons (Fsp3) is 0.562. The Morgan fingerprint density at radius 1 is 1.43 bits per heavy atom. The van der Waals surface area contributed by atoms with Crippen LogP contribution in [0.25, 0.3) is 0 Å². The predicted molar refractivity (Wildman–Crippen MR) is 80.3 cm³/mol. The number of rotatable bonds is 5. The van der Waals surface area contributed by atoms with Gasteiger partial charge in [-0.15, -0.1) is 0 Å². The van der Waals surface area contributed by atoms with Crippen LogP contribution in [0.15, 0.2) is 18.2 Å². The molecule has 1 aliphatic rings. The Bertz CT molecular complexity index is 503. The van der Waals surface area contributed by atoms with Gasteiger partial charge in [-0.2, -0.15) is 0 Å². The lowest BCUT2D eigenvalue weighted by atomic mass is 9.99. The van der Waals surface area contributed by atoms with Crippen LogP contribution in [0, 0.1) is 0 Å². The zero-order chi connectivity index (χ0) is 15.4. The molecule has 5 heteroatoms. The van der Waals surface area contributed by atoms with E-state index in [1.165, 1.54) is 26.0 Å². The second-order valence-electron chi connectivity index (χ2n) is 5.51. The summed E-state index contributed by atoms with van der Waals surface area (Å²) in [4.78, 5) is 13.6. The maximum Gasteiger partial charge on any atom is 0.339 e. The molecule has 0 radical (unpaired) electrons. The van der Waals surface area contributed by atoms with Crippen molar-refractivity contribution in [2.45, 2.75) is 38.3 Å². The third-order valence-corrected chi connectivity index (χ3v) is 4.10. The summed E-state index contributed by atoms with van der Waals surface area (Å²) in [6, 6.07) is 5.22. The summed E-state index contributed by atoms with van der Waals surface area (Å²) in [6.45, 7) is 3.04. The predicted octanol–water partition coefficient (Wildman–Crippen LogP) is 2.65. The third kappa shape index (κ3) is 3.47. The molecule has 0 amide bonds. The molecule has 116 valence electrons. The number of piperidine rings is 1. The van der Waals surface area contributed by atoms with Gasteiger partial charge in [-0.1, -0.05) is 12.5 Å². The van der Waals surface area contributed by atoms with E-state index in [0.29, 0.717) is 17.5 Å². The molecule has 2 unspecified atom stereocenters. The lowest BCUT2D eigenvalue weighted by molar-refractivity contribution is 0.0606. The smallest absolute Gasteiger partial charge is 0.339 e. The molecule has 2 atom stereocenters. The molecule has 1 N–H and O–H groups in total. The minimum Gasteiger partial charge on any atom is -0.493 e. The quantitative estimate of drug-likeness (QED) is 0.904. The Morgan fingerprint density at radius 3 is 2.81 bits per heavy atom. The monoisotopic (exact) mass is 293 g/mol. The zero-order valence-corrected chi connectivity index (χ0v) is 12.8. The highest BCUT2D eigenvalue weighted by Gasteiger charge is 2.28. The number of hydrogen-bond acceptors (Lipinski definition) is 4. The van der Waals surface area contributed by atoms with E-state index in [2.05, 4.69) is 11.9 Å². The third-order valence-electron chi connectivity index (χ3n) is 4.10. The zero-order valence-electron chi connectivity index (χ0n) is 12.8. The van der Waals surface area contributed by atoms with Crippen molar-refractivity contribution in [3.8, 4) is 11.5 Å². The van der Waals surface area contributed by atoms with Crippen molar-refractivity contribution in [2.24, 2.45) is 0 Å². The van der Waals surface area contributed by atoms with E-state index in [0.717, 1.165) is 13.0 Å². The summed E-state index contributed by atoms with van der Waals surface area (Å²) in [7, 11) is 3.61. The highest BCUT2D eigenvalue weighted by Crippen LogP contribution is 2.33. The molecule has 1 aromatic rings. The normalized spacial score (nSPS) is 20.8. The summed E-state index contributed by atoms with van der Waals surface area (Å²) >= 11 is 0. The van der Waals surface area contributed by atoms with Gasteiger partial charge in [0.2, 0.25) is 0 Å². The Balaban J connectivity index is 2.23. The first-order valence-electron chi connectivity index (χ1n) is 7.31. The molecule has 0 aliphatic carbocycles. The van der Waals surface area contributed by atoms with Gasteiger partial charge in [-0.05, 0) is 45.5 Å². The number of likely N-dealkylation sites (tertiary alicyclic amines) is 1. The largest absolute Gasteiger partial charge is 0.493 e. The highest BCUT2D eigenvalue weighted by molar-refractivity contribution is 5.92. The molecule has 1 fully saturated rings. The number of methoxy groups -OCH3 is 1. The van der Waals surface area contributed by atoms with Gasteiger partial charge < -0.3 is 14.6 Å². The Morgan fingerprint density at radius 2 is 2.19 bits per heavy atom. The van der Waals surface area contributed by atoms with Crippen LogP contribution in [0.3, 0.4) is 0 Å².